The Morgan fingerprint density at radius 3 is 2.27 bits per heavy atom. The van der Waals surface area contributed by atoms with E-state index in [1.54, 1.807) is 28.1 Å². The van der Waals surface area contributed by atoms with E-state index < -0.39 is 12.0 Å². The average Bonchev–Trinajstić information content (AvgIpc) is 3.52. The number of carboxylic acid groups (broad SMARTS) is 1. The minimum absolute atomic E-state index is 0.104. The van der Waals surface area contributed by atoms with Crippen LogP contribution in [0, 0.1) is 5.41 Å². The summed E-state index contributed by atoms with van der Waals surface area (Å²) in [7, 11) is 0. The standard InChI is InChI=1S/C41H63N5O9/c1-41(2,3)16-23-52-25-27-54-29-28-53-26-24-51-22-15-37(47)42-17-7-21-55-38-14-12-33(31-43-38)36(30-39(48)49)46-20-19-45(40(46)50)18-6-9-34-13-11-32-8-4-5-10-35(32)44-34/h11-14,31,36H,4-10,15-30H2,1-3H3,(H,42,47)(H,48,49)/t36-/m0/s1. The van der Waals surface area contributed by atoms with Crippen molar-refractivity contribution in [2.45, 2.75) is 91.0 Å². The molecule has 306 valence electrons. The van der Waals surface area contributed by atoms with E-state index >= 15 is 0 Å². The Morgan fingerprint density at radius 2 is 1.58 bits per heavy atom. The van der Waals surface area contributed by atoms with Crippen molar-refractivity contribution < 1.29 is 43.2 Å². The van der Waals surface area contributed by atoms with Crippen LogP contribution in [-0.4, -0.2) is 128 Å². The Kier molecular flexibility index (Phi) is 19.1. The summed E-state index contributed by atoms with van der Waals surface area (Å²) in [6.45, 7) is 12.9. The van der Waals surface area contributed by atoms with Crippen LogP contribution in [0.15, 0.2) is 30.5 Å². The van der Waals surface area contributed by atoms with Gasteiger partial charge in [0.2, 0.25) is 11.8 Å². The fraction of sp³-hybridized carbons (Fsp3) is 0.683. The van der Waals surface area contributed by atoms with E-state index in [2.05, 4.69) is 43.2 Å². The summed E-state index contributed by atoms with van der Waals surface area (Å²) in [6, 6.07) is 6.96. The van der Waals surface area contributed by atoms with Crippen LogP contribution in [-0.2, 0) is 47.8 Å². The smallest absolute Gasteiger partial charge is 0.320 e. The van der Waals surface area contributed by atoms with Gasteiger partial charge in [-0.2, -0.15) is 0 Å². The van der Waals surface area contributed by atoms with Gasteiger partial charge in [-0.05, 0) is 74.0 Å². The molecular formula is C41H63N5O9. The molecule has 4 rings (SSSR count). The number of urea groups is 1. The third-order valence-corrected chi connectivity index (χ3v) is 9.59. The first kappa shape index (κ1) is 43.9. The van der Waals surface area contributed by atoms with E-state index in [-0.39, 0.29) is 30.2 Å². The predicted octanol–water partition coefficient (Wildman–Crippen LogP) is 5.02. The number of fused-ring (bicyclic) bond motifs is 1. The molecule has 0 unspecified atom stereocenters. The van der Waals surface area contributed by atoms with Crippen molar-refractivity contribution in [3.63, 3.8) is 0 Å². The highest BCUT2D eigenvalue weighted by Gasteiger charge is 2.35. The second-order valence-corrected chi connectivity index (χ2v) is 15.3. The molecule has 1 aliphatic heterocycles. The highest BCUT2D eigenvalue weighted by atomic mass is 16.6. The number of amides is 3. The molecule has 2 aliphatic rings. The van der Waals surface area contributed by atoms with Gasteiger partial charge in [0.05, 0.1) is 65.3 Å². The number of nitrogens with zero attached hydrogens (tertiary/aromatic N) is 4. The molecule has 14 heteroatoms. The molecule has 2 N–H and O–H groups in total. The highest BCUT2D eigenvalue weighted by molar-refractivity contribution is 5.78. The molecule has 3 amide bonds. The minimum atomic E-state index is -0.987. The molecule has 0 spiro atoms. The van der Waals surface area contributed by atoms with Gasteiger partial charge in [0, 0.05) is 62.9 Å². The van der Waals surface area contributed by atoms with Crippen LogP contribution in [0.4, 0.5) is 4.79 Å². The summed E-state index contributed by atoms with van der Waals surface area (Å²) in [5.41, 5.74) is 4.55. The lowest BCUT2D eigenvalue weighted by Crippen LogP contribution is -2.36. The minimum Gasteiger partial charge on any atom is -0.481 e. The maximum absolute atomic E-state index is 13.4. The van der Waals surface area contributed by atoms with Crippen molar-refractivity contribution in [2.75, 3.05) is 85.6 Å². The largest absolute Gasteiger partial charge is 0.481 e. The van der Waals surface area contributed by atoms with Crippen molar-refractivity contribution in [1.29, 1.82) is 0 Å². The molecule has 14 nitrogen and oxygen atoms in total. The zero-order valence-corrected chi connectivity index (χ0v) is 33.2. The Morgan fingerprint density at radius 1 is 0.873 bits per heavy atom. The van der Waals surface area contributed by atoms with Crippen LogP contribution in [0.2, 0.25) is 0 Å². The number of carbonyl (C=O) groups is 3. The third kappa shape index (κ3) is 16.8. The quantitative estimate of drug-likeness (QED) is 0.117. The maximum Gasteiger partial charge on any atom is 0.320 e. The SMILES string of the molecule is CC(C)(C)CCOCCOCCOCCOCCC(=O)NCCCOc1ccc([C@H](CC(=O)O)N2CCN(CCCc3ccc4c(n3)CCCC4)C2=O)cn1. The molecule has 1 atom stereocenters. The molecule has 3 heterocycles. The lowest BCUT2D eigenvalue weighted by Gasteiger charge is -2.27. The number of hydrogen-bond donors (Lipinski definition) is 2. The second-order valence-electron chi connectivity index (χ2n) is 15.3. The summed E-state index contributed by atoms with van der Waals surface area (Å²) >= 11 is 0. The van der Waals surface area contributed by atoms with Crippen LogP contribution in [0.25, 0.3) is 0 Å². The monoisotopic (exact) mass is 769 g/mol. The van der Waals surface area contributed by atoms with Crippen LogP contribution in [0.3, 0.4) is 0 Å². The summed E-state index contributed by atoms with van der Waals surface area (Å²) in [5, 5.41) is 12.5. The van der Waals surface area contributed by atoms with Gasteiger partial charge in [0.15, 0.2) is 0 Å². The van der Waals surface area contributed by atoms with Crippen LogP contribution >= 0.6 is 0 Å². The van der Waals surface area contributed by atoms with Crippen LogP contribution in [0.5, 0.6) is 5.88 Å². The van der Waals surface area contributed by atoms with Gasteiger partial charge in [-0.15, -0.1) is 0 Å². The Balaban J connectivity index is 1.03. The summed E-state index contributed by atoms with van der Waals surface area (Å²) in [6.07, 6.45) is 9.36. The summed E-state index contributed by atoms with van der Waals surface area (Å²) in [4.78, 5) is 50.0. The second kappa shape index (κ2) is 23.9. The van der Waals surface area contributed by atoms with E-state index in [4.69, 9.17) is 28.7 Å². The van der Waals surface area contributed by atoms with Gasteiger partial charge in [-0.3, -0.25) is 14.6 Å². The first-order chi connectivity index (χ1) is 26.6. The van der Waals surface area contributed by atoms with Gasteiger partial charge < -0.3 is 43.9 Å². The number of pyridine rings is 2. The summed E-state index contributed by atoms with van der Waals surface area (Å²) in [5.74, 6) is -0.705. The third-order valence-electron chi connectivity index (χ3n) is 9.59. The molecule has 1 fully saturated rings. The van der Waals surface area contributed by atoms with E-state index in [0.717, 1.165) is 44.4 Å². The van der Waals surface area contributed by atoms with Gasteiger partial charge in [-0.1, -0.05) is 32.9 Å². The number of aryl methyl sites for hydroxylation is 3. The first-order valence-corrected chi connectivity index (χ1v) is 20.0. The molecule has 1 aliphatic carbocycles. The number of aliphatic carboxylic acids is 1. The lowest BCUT2D eigenvalue weighted by molar-refractivity contribution is -0.138. The van der Waals surface area contributed by atoms with Crippen LogP contribution in [0.1, 0.15) is 94.3 Å². The molecule has 1 saturated heterocycles. The van der Waals surface area contributed by atoms with E-state index in [9.17, 15) is 19.5 Å². The van der Waals surface area contributed by atoms with E-state index in [1.807, 2.05) is 0 Å². The molecule has 0 aromatic carbocycles. The molecule has 55 heavy (non-hydrogen) atoms. The zero-order chi connectivity index (χ0) is 39.3. The predicted molar refractivity (Wildman–Crippen MR) is 207 cm³/mol. The van der Waals surface area contributed by atoms with Gasteiger partial charge >= 0.3 is 12.0 Å². The normalized spacial score (nSPS) is 14.9. The lowest BCUT2D eigenvalue weighted by atomic mass is 9.93. The Bertz CT molecular complexity index is 1450. The van der Waals surface area contributed by atoms with Gasteiger partial charge in [0.25, 0.3) is 0 Å². The van der Waals surface area contributed by atoms with Gasteiger partial charge in [-0.25, -0.2) is 9.78 Å². The fourth-order valence-corrected chi connectivity index (χ4v) is 6.43. The highest BCUT2D eigenvalue weighted by Crippen LogP contribution is 2.29. The Hall–Kier alpha value is -3.85. The van der Waals surface area contributed by atoms with Crippen molar-refractivity contribution in [3.8, 4) is 5.88 Å². The number of rotatable bonds is 27. The zero-order valence-electron chi connectivity index (χ0n) is 33.2. The summed E-state index contributed by atoms with van der Waals surface area (Å²) < 4.78 is 27.8. The molecular weight excluding hydrogens is 706 g/mol. The fourth-order valence-electron chi connectivity index (χ4n) is 6.43. The van der Waals surface area contributed by atoms with Crippen molar-refractivity contribution >= 4 is 17.9 Å². The molecule has 0 bridgehead atoms. The number of carbonyl (C=O) groups excluding carboxylic acids is 2. The average molecular weight is 770 g/mol. The molecule has 0 radical (unpaired) electrons. The molecule has 2 aromatic rings. The molecule has 0 saturated carbocycles. The van der Waals surface area contributed by atoms with Gasteiger partial charge in [0.1, 0.15) is 0 Å². The van der Waals surface area contributed by atoms with E-state index in [0.29, 0.717) is 96.9 Å². The maximum atomic E-state index is 13.4. The van der Waals surface area contributed by atoms with Crippen molar-refractivity contribution in [1.82, 2.24) is 25.1 Å². The molecule has 2 aromatic heterocycles. The van der Waals surface area contributed by atoms with Crippen LogP contribution < -0.4 is 10.1 Å². The number of ether oxygens (including phenoxy) is 5. The topological polar surface area (TPSA) is 162 Å². The van der Waals surface area contributed by atoms with E-state index in [1.165, 1.54) is 24.1 Å². The first-order valence-electron chi connectivity index (χ1n) is 20.0. The Labute approximate surface area is 326 Å². The van der Waals surface area contributed by atoms with Crippen molar-refractivity contribution in [3.05, 3.63) is 53.0 Å². The number of nitrogens with one attached hydrogen (secondary N) is 1. The number of hydrogen-bond acceptors (Lipinski definition) is 10. The number of carboxylic acids is 1. The van der Waals surface area contributed by atoms with Crippen molar-refractivity contribution in [2.24, 2.45) is 5.41 Å². The number of aromatic nitrogens is 2.